The van der Waals surface area contributed by atoms with Crippen molar-refractivity contribution in [3.63, 3.8) is 0 Å². The lowest BCUT2D eigenvalue weighted by Gasteiger charge is -2.12. The first kappa shape index (κ1) is 15.9. The van der Waals surface area contributed by atoms with E-state index in [1.807, 2.05) is 24.3 Å². The van der Waals surface area contributed by atoms with Crippen molar-refractivity contribution in [1.29, 1.82) is 0 Å². The first-order valence-corrected chi connectivity index (χ1v) is 7.61. The second kappa shape index (κ2) is 5.92. The normalized spacial score (nSPS) is 11.1. The first-order valence-electron chi connectivity index (χ1n) is 7.61. The van der Waals surface area contributed by atoms with Crippen molar-refractivity contribution >= 4 is 11.6 Å². The Hall–Kier alpha value is -2.96. The number of carboxylic acid groups (broad SMARTS) is 1. The van der Waals surface area contributed by atoms with Gasteiger partial charge in [0.1, 0.15) is 11.3 Å². The molecule has 0 radical (unpaired) electrons. The molecule has 0 amide bonds. The number of nitrogens with zero attached hydrogens (tertiary/aromatic N) is 4. The largest absolute Gasteiger partial charge is 0.481 e. The molecular formula is C17H18N4O3. The second-order valence-corrected chi connectivity index (χ2v) is 5.75. The van der Waals surface area contributed by atoms with Crippen LogP contribution in [0.2, 0.25) is 0 Å². The minimum atomic E-state index is -0.850. The number of aromatic nitrogens is 4. The number of carboxylic acids is 1. The third-order valence-electron chi connectivity index (χ3n) is 4.30. The number of pyridine rings is 1. The lowest BCUT2D eigenvalue weighted by atomic mass is 10.1. The van der Waals surface area contributed by atoms with Gasteiger partial charge in [0.25, 0.3) is 5.56 Å². The zero-order chi connectivity index (χ0) is 17.4. The first-order chi connectivity index (χ1) is 11.4. The van der Waals surface area contributed by atoms with Gasteiger partial charge in [0.2, 0.25) is 0 Å². The summed E-state index contributed by atoms with van der Waals surface area (Å²) >= 11 is 0. The Balaban J connectivity index is 2.19. The highest BCUT2D eigenvalue weighted by Crippen LogP contribution is 2.22. The van der Waals surface area contributed by atoms with E-state index in [9.17, 15) is 9.59 Å². The second-order valence-electron chi connectivity index (χ2n) is 5.75. The molecule has 124 valence electrons. The van der Waals surface area contributed by atoms with E-state index in [0.29, 0.717) is 23.3 Å². The van der Waals surface area contributed by atoms with Gasteiger partial charge < -0.3 is 14.1 Å². The molecule has 0 spiro atoms. The minimum Gasteiger partial charge on any atom is -0.481 e. The standard InChI is InChI=1S/C17H18N4O3/c1-10-11(2)20(3)17(24)15(19-10)13-6-4-12(5-7-14(22)23)21-9-8-18-16(13)21/h4,6,8-9H,5,7H2,1-3H3,(H,22,23). The molecule has 0 atom stereocenters. The Morgan fingerprint density at radius 2 is 2.04 bits per heavy atom. The van der Waals surface area contributed by atoms with Crippen molar-refractivity contribution in [3.8, 4) is 11.3 Å². The van der Waals surface area contributed by atoms with E-state index in [1.165, 1.54) is 0 Å². The van der Waals surface area contributed by atoms with Crippen LogP contribution in [0, 0.1) is 13.8 Å². The fourth-order valence-electron chi connectivity index (χ4n) is 2.72. The predicted molar refractivity (Wildman–Crippen MR) is 89.1 cm³/mol. The van der Waals surface area contributed by atoms with Gasteiger partial charge in [-0.3, -0.25) is 9.59 Å². The van der Waals surface area contributed by atoms with Gasteiger partial charge in [-0.25, -0.2) is 9.97 Å². The molecule has 24 heavy (non-hydrogen) atoms. The number of rotatable bonds is 4. The third-order valence-corrected chi connectivity index (χ3v) is 4.30. The van der Waals surface area contributed by atoms with Crippen LogP contribution in [0.5, 0.6) is 0 Å². The summed E-state index contributed by atoms with van der Waals surface area (Å²) in [6.45, 7) is 3.72. The van der Waals surface area contributed by atoms with Crippen LogP contribution in [0.4, 0.5) is 0 Å². The molecule has 0 saturated heterocycles. The molecule has 0 aliphatic carbocycles. The van der Waals surface area contributed by atoms with Crippen molar-refractivity contribution in [2.75, 3.05) is 0 Å². The fourth-order valence-corrected chi connectivity index (χ4v) is 2.72. The maximum absolute atomic E-state index is 12.6. The van der Waals surface area contributed by atoms with Gasteiger partial charge in [0.05, 0.1) is 12.1 Å². The Kier molecular flexibility index (Phi) is 3.92. The van der Waals surface area contributed by atoms with Crippen LogP contribution in [0.15, 0.2) is 29.3 Å². The zero-order valence-corrected chi connectivity index (χ0v) is 13.8. The lowest BCUT2D eigenvalue weighted by Crippen LogP contribution is -2.24. The van der Waals surface area contributed by atoms with Crippen molar-refractivity contribution in [2.24, 2.45) is 7.05 Å². The topological polar surface area (TPSA) is 89.5 Å². The highest BCUT2D eigenvalue weighted by Gasteiger charge is 2.16. The van der Waals surface area contributed by atoms with Crippen LogP contribution in [0.1, 0.15) is 23.5 Å². The van der Waals surface area contributed by atoms with Crippen LogP contribution in [0.3, 0.4) is 0 Å². The van der Waals surface area contributed by atoms with E-state index in [2.05, 4.69) is 9.97 Å². The zero-order valence-electron chi connectivity index (χ0n) is 13.8. The smallest absolute Gasteiger partial charge is 0.303 e. The summed E-state index contributed by atoms with van der Waals surface area (Å²) in [4.78, 5) is 32.2. The highest BCUT2D eigenvalue weighted by atomic mass is 16.4. The molecule has 0 bridgehead atoms. The van der Waals surface area contributed by atoms with Gasteiger partial charge >= 0.3 is 5.97 Å². The van der Waals surface area contributed by atoms with E-state index < -0.39 is 5.97 Å². The molecule has 7 heteroatoms. The molecule has 0 saturated carbocycles. The Morgan fingerprint density at radius 3 is 2.75 bits per heavy atom. The van der Waals surface area contributed by atoms with Crippen molar-refractivity contribution < 1.29 is 9.90 Å². The number of imidazole rings is 1. The van der Waals surface area contributed by atoms with Crippen LogP contribution in [0.25, 0.3) is 16.9 Å². The molecule has 3 rings (SSSR count). The number of hydrogen-bond donors (Lipinski definition) is 1. The maximum Gasteiger partial charge on any atom is 0.303 e. The van der Waals surface area contributed by atoms with Crippen molar-refractivity contribution in [1.82, 2.24) is 18.9 Å². The monoisotopic (exact) mass is 326 g/mol. The van der Waals surface area contributed by atoms with Crippen LogP contribution in [-0.4, -0.2) is 30.0 Å². The Bertz CT molecular complexity index is 1000. The van der Waals surface area contributed by atoms with Gasteiger partial charge in [-0.05, 0) is 32.4 Å². The van der Waals surface area contributed by atoms with Gasteiger partial charge in [0, 0.05) is 36.4 Å². The maximum atomic E-state index is 12.6. The Labute approximate surface area is 138 Å². The molecule has 3 aromatic rings. The predicted octanol–water partition coefficient (Wildman–Crippen LogP) is 1.73. The summed E-state index contributed by atoms with van der Waals surface area (Å²) in [6, 6.07) is 3.61. The minimum absolute atomic E-state index is 0.0380. The van der Waals surface area contributed by atoms with Gasteiger partial charge in [-0.1, -0.05) is 0 Å². The molecule has 0 aliphatic heterocycles. The van der Waals surface area contributed by atoms with Crippen molar-refractivity contribution in [2.45, 2.75) is 26.7 Å². The van der Waals surface area contributed by atoms with Gasteiger partial charge in [0.15, 0.2) is 0 Å². The van der Waals surface area contributed by atoms with E-state index in [4.69, 9.17) is 5.11 Å². The molecule has 7 nitrogen and oxygen atoms in total. The number of aryl methyl sites for hydroxylation is 2. The van der Waals surface area contributed by atoms with Crippen LogP contribution < -0.4 is 5.56 Å². The summed E-state index contributed by atoms with van der Waals surface area (Å²) in [6.07, 6.45) is 3.83. The highest BCUT2D eigenvalue weighted by molar-refractivity contribution is 5.75. The Morgan fingerprint density at radius 1 is 1.29 bits per heavy atom. The number of hydrogen-bond acceptors (Lipinski definition) is 4. The summed E-state index contributed by atoms with van der Waals surface area (Å²) < 4.78 is 3.39. The number of fused-ring (bicyclic) bond motifs is 1. The molecule has 0 aromatic carbocycles. The molecule has 1 N–H and O–H groups in total. The molecule has 0 fully saturated rings. The molecule has 3 aromatic heterocycles. The SMILES string of the molecule is Cc1nc(-c2ccc(CCC(=O)O)n3ccnc23)c(=O)n(C)c1C. The van der Waals surface area contributed by atoms with E-state index >= 15 is 0 Å². The third kappa shape index (κ3) is 2.58. The summed E-state index contributed by atoms with van der Waals surface area (Å²) in [5.74, 6) is -0.850. The van der Waals surface area contributed by atoms with E-state index in [0.717, 1.165) is 17.1 Å². The lowest BCUT2D eigenvalue weighted by molar-refractivity contribution is -0.136. The quantitative estimate of drug-likeness (QED) is 0.788. The van der Waals surface area contributed by atoms with Gasteiger partial charge in [-0.15, -0.1) is 0 Å². The summed E-state index contributed by atoms with van der Waals surface area (Å²) in [5, 5.41) is 8.87. The van der Waals surface area contributed by atoms with E-state index in [-0.39, 0.29) is 12.0 Å². The average molecular weight is 326 g/mol. The summed E-state index contributed by atoms with van der Waals surface area (Å²) in [5.41, 5.74) is 3.85. The fraction of sp³-hybridized carbons (Fsp3) is 0.294. The van der Waals surface area contributed by atoms with Crippen LogP contribution in [-0.2, 0) is 18.3 Å². The molecular weight excluding hydrogens is 308 g/mol. The van der Waals surface area contributed by atoms with Crippen LogP contribution >= 0.6 is 0 Å². The van der Waals surface area contributed by atoms with E-state index in [1.54, 1.807) is 30.1 Å². The van der Waals surface area contributed by atoms with Crippen molar-refractivity contribution in [3.05, 3.63) is 52.0 Å². The summed E-state index contributed by atoms with van der Waals surface area (Å²) in [7, 11) is 1.72. The number of carbonyl (C=O) groups is 1. The average Bonchev–Trinajstić information content (AvgIpc) is 3.04. The molecule has 0 aliphatic rings. The molecule has 3 heterocycles. The molecule has 0 unspecified atom stereocenters. The van der Waals surface area contributed by atoms with Gasteiger partial charge in [-0.2, -0.15) is 0 Å². The number of aliphatic carboxylic acids is 1.